The Balaban J connectivity index is 2.47. The van der Waals surface area contributed by atoms with Crippen LogP contribution in [0.1, 0.15) is 57.1 Å². The number of nitriles is 1. The zero-order valence-corrected chi connectivity index (χ0v) is 17.5. The second kappa shape index (κ2) is 14.9. The quantitative estimate of drug-likeness (QED) is 0.443. The molecule has 0 heterocycles. The molecule has 0 aliphatic rings. The van der Waals surface area contributed by atoms with Gasteiger partial charge in [0.2, 0.25) is 0 Å². The van der Waals surface area contributed by atoms with Gasteiger partial charge in [0, 0.05) is 26.1 Å². The minimum absolute atomic E-state index is 0.319. The molecule has 0 aliphatic heterocycles. The summed E-state index contributed by atoms with van der Waals surface area (Å²) in [7, 11) is 0. The Bertz CT molecular complexity index is 577. The summed E-state index contributed by atoms with van der Waals surface area (Å²) in [5, 5.41) is 20.0. The first-order chi connectivity index (χ1) is 13.6. The Morgan fingerprint density at radius 1 is 0.964 bits per heavy atom. The zero-order valence-electron chi connectivity index (χ0n) is 17.5. The van der Waals surface area contributed by atoms with Crippen LogP contribution in [0.4, 0.5) is 4.79 Å². The topological polar surface area (TPSA) is 79.6 Å². The van der Waals surface area contributed by atoms with Gasteiger partial charge >= 0.3 is 6.09 Å². The van der Waals surface area contributed by atoms with Crippen molar-refractivity contribution in [3.8, 4) is 6.07 Å². The average molecular weight is 389 g/mol. The van der Waals surface area contributed by atoms with Gasteiger partial charge in [0.15, 0.2) is 0 Å². The van der Waals surface area contributed by atoms with Crippen LogP contribution in [0, 0.1) is 11.3 Å². The Labute approximate surface area is 170 Å². The van der Waals surface area contributed by atoms with Crippen molar-refractivity contribution in [3.63, 3.8) is 0 Å². The van der Waals surface area contributed by atoms with Gasteiger partial charge in [-0.25, -0.2) is 4.79 Å². The van der Waals surface area contributed by atoms with Gasteiger partial charge in [-0.05, 0) is 63.0 Å². The molecule has 0 radical (unpaired) electrons. The highest BCUT2D eigenvalue weighted by Crippen LogP contribution is 2.10. The fourth-order valence-corrected chi connectivity index (χ4v) is 3.32. The molecule has 0 aliphatic carbocycles. The Morgan fingerprint density at radius 3 is 2.07 bits per heavy atom. The number of benzene rings is 1. The standard InChI is InChI=1S/C22H36N4O2/c1-3-13-25(14-4-2)15-5-6-16-26(17-7-12-23)19-21-10-8-20(9-11-21)18-24-22(27)28/h8-11,24H,3-7,13-19H2,1-2H3,(H,27,28). The van der Waals surface area contributed by atoms with E-state index >= 15 is 0 Å². The summed E-state index contributed by atoms with van der Waals surface area (Å²) in [6.45, 7) is 10.9. The van der Waals surface area contributed by atoms with Crippen LogP contribution in [0.3, 0.4) is 0 Å². The van der Waals surface area contributed by atoms with Crippen molar-refractivity contribution < 1.29 is 9.90 Å². The fraction of sp³-hybridized carbons (Fsp3) is 0.636. The SMILES string of the molecule is CCCN(CCC)CCCCN(CCC#N)Cc1ccc(CNC(=O)O)cc1. The molecule has 0 bridgehead atoms. The number of amides is 1. The third-order valence-electron chi connectivity index (χ3n) is 4.69. The maximum atomic E-state index is 10.6. The van der Waals surface area contributed by atoms with Crippen LogP contribution in [-0.4, -0.2) is 53.7 Å². The van der Waals surface area contributed by atoms with Gasteiger partial charge in [-0.15, -0.1) is 0 Å². The minimum atomic E-state index is -1.01. The number of nitrogens with one attached hydrogen (secondary N) is 1. The summed E-state index contributed by atoms with van der Waals surface area (Å²) >= 11 is 0. The van der Waals surface area contributed by atoms with Crippen molar-refractivity contribution in [1.82, 2.24) is 15.1 Å². The van der Waals surface area contributed by atoms with Gasteiger partial charge in [0.25, 0.3) is 0 Å². The van der Waals surface area contributed by atoms with E-state index in [1.165, 1.54) is 37.9 Å². The van der Waals surface area contributed by atoms with E-state index in [1.807, 2.05) is 24.3 Å². The number of carboxylic acid groups (broad SMARTS) is 1. The maximum Gasteiger partial charge on any atom is 0.404 e. The lowest BCUT2D eigenvalue weighted by atomic mass is 10.1. The third-order valence-corrected chi connectivity index (χ3v) is 4.69. The lowest BCUT2D eigenvalue weighted by Gasteiger charge is -2.24. The van der Waals surface area contributed by atoms with Crippen LogP contribution in [0.5, 0.6) is 0 Å². The second-order valence-corrected chi connectivity index (χ2v) is 7.21. The number of hydrogen-bond donors (Lipinski definition) is 2. The van der Waals surface area contributed by atoms with E-state index in [0.717, 1.165) is 38.2 Å². The van der Waals surface area contributed by atoms with Crippen molar-refractivity contribution >= 4 is 6.09 Å². The van der Waals surface area contributed by atoms with Crippen molar-refractivity contribution in [3.05, 3.63) is 35.4 Å². The highest BCUT2D eigenvalue weighted by molar-refractivity contribution is 5.64. The predicted molar refractivity (Wildman–Crippen MR) is 113 cm³/mol. The number of carbonyl (C=O) groups is 1. The van der Waals surface area contributed by atoms with E-state index in [4.69, 9.17) is 10.4 Å². The molecule has 0 atom stereocenters. The van der Waals surface area contributed by atoms with Gasteiger partial charge in [-0.3, -0.25) is 4.90 Å². The molecule has 0 saturated carbocycles. The van der Waals surface area contributed by atoms with E-state index in [1.54, 1.807) is 0 Å². The summed E-state index contributed by atoms with van der Waals surface area (Å²) < 4.78 is 0. The Kier molecular flexibility index (Phi) is 12.7. The molecule has 156 valence electrons. The highest BCUT2D eigenvalue weighted by Gasteiger charge is 2.08. The molecule has 0 fully saturated rings. The molecule has 28 heavy (non-hydrogen) atoms. The molecular formula is C22H36N4O2. The Hall–Kier alpha value is -2.10. The highest BCUT2D eigenvalue weighted by atomic mass is 16.4. The molecule has 2 N–H and O–H groups in total. The van der Waals surface area contributed by atoms with E-state index in [9.17, 15) is 4.79 Å². The summed E-state index contributed by atoms with van der Waals surface area (Å²) in [5.41, 5.74) is 2.14. The monoisotopic (exact) mass is 388 g/mol. The number of nitrogens with zero attached hydrogens (tertiary/aromatic N) is 3. The largest absolute Gasteiger partial charge is 0.465 e. The van der Waals surface area contributed by atoms with E-state index < -0.39 is 6.09 Å². The molecule has 6 heteroatoms. The molecule has 0 spiro atoms. The summed E-state index contributed by atoms with van der Waals surface area (Å²) in [6, 6.07) is 10.3. The fourth-order valence-electron chi connectivity index (χ4n) is 3.32. The molecule has 0 aromatic heterocycles. The second-order valence-electron chi connectivity index (χ2n) is 7.21. The molecule has 1 rings (SSSR count). The predicted octanol–water partition coefficient (Wildman–Crippen LogP) is 4.07. The van der Waals surface area contributed by atoms with Crippen LogP contribution in [0.2, 0.25) is 0 Å². The molecular weight excluding hydrogens is 352 g/mol. The summed E-state index contributed by atoms with van der Waals surface area (Å²) in [6.07, 6.45) is 4.25. The lowest BCUT2D eigenvalue weighted by molar-refractivity contribution is 0.194. The molecule has 1 aromatic carbocycles. The van der Waals surface area contributed by atoms with Gasteiger partial charge in [0.1, 0.15) is 0 Å². The number of unbranched alkanes of at least 4 members (excludes halogenated alkanes) is 1. The average Bonchev–Trinajstić information content (AvgIpc) is 2.68. The van der Waals surface area contributed by atoms with Gasteiger partial charge in [-0.1, -0.05) is 38.1 Å². The van der Waals surface area contributed by atoms with Crippen molar-refractivity contribution in [1.29, 1.82) is 5.26 Å². The summed E-state index contributed by atoms with van der Waals surface area (Å²) in [5.74, 6) is 0. The van der Waals surface area contributed by atoms with Crippen LogP contribution in [0.15, 0.2) is 24.3 Å². The van der Waals surface area contributed by atoms with Crippen molar-refractivity contribution in [2.45, 2.75) is 59.0 Å². The van der Waals surface area contributed by atoms with Crippen LogP contribution >= 0.6 is 0 Å². The normalized spacial score (nSPS) is 11.0. The lowest BCUT2D eigenvalue weighted by Crippen LogP contribution is -2.29. The van der Waals surface area contributed by atoms with Gasteiger partial charge in [-0.2, -0.15) is 5.26 Å². The minimum Gasteiger partial charge on any atom is -0.465 e. The first kappa shape index (κ1) is 23.9. The van der Waals surface area contributed by atoms with E-state index in [2.05, 4.69) is 35.0 Å². The number of rotatable bonds is 15. The zero-order chi connectivity index (χ0) is 20.6. The maximum absolute atomic E-state index is 10.6. The van der Waals surface area contributed by atoms with Crippen molar-refractivity contribution in [2.24, 2.45) is 0 Å². The number of hydrogen-bond acceptors (Lipinski definition) is 4. The first-order valence-electron chi connectivity index (χ1n) is 10.4. The molecule has 6 nitrogen and oxygen atoms in total. The molecule has 0 saturated heterocycles. The molecule has 1 amide bonds. The van der Waals surface area contributed by atoms with Crippen LogP contribution in [0.25, 0.3) is 0 Å². The van der Waals surface area contributed by atoms with E-state index in [0.29, 0.717) is 13.0 Å². The van der Waals surface area contributed by atoms with Gasteiger partial charge < -0.3 is 15.3 Å². The van der Waals surface area contributed by atoms with Crippen LogP contribution < -0.4 is 5.32 Å². The van der Waals surface area contributed by atoms with Crippen molar-refractivity contribution in [2.75, 3.05) is 32.7 Å². The Morgan fingerprint density at radius 2 is 1.54 bits per heavy atom. The summed E-state index contributed by atoms with van der Waals surface area (Å²) in [4.78, 5) is 15.5. The molecule has 1 aromatic rings. The van der Waals surface area contributed by atoms with Crippen LogP contribution in [-0.2, 0) is 13.1 Å². The smallest absolute Gasteiger partial charge is 0.404 e. The van der Waals surface area contributed by atoms with Gasteiger partial charge in [0.05, 0.1) is 6.07 Å². The molecule has 0 unspecified atom stereocenters. The van der Waals surface area contributed by atoms with E-state index in [-0.39, 0.29) is 0 Å². The third kappa shape index (κ3) is 10.9. The first-order valence-corrected chi connectivity index (χ1v) is 10.4.